The van der Waals surface area contributed by atoms with Gasteiger partial charge in [-0.2, -0.15) is 0 Å². The maximum absolute atomic E-state index is 12.0. The number of halogens is 1. The van der Waals surface area contributed by atoms with Crippen LogP contribution in [0.5, 0.6) is 0 Å². The standard InChI is InChI=1S/C16H12ClN5O2/c17-13-4-2-1-3-12(13)16(24)21-20-15(23)11-5-6-14(19-9-11)22-8-7-18-10-22/h1-10H,(H,20,23)(H,21,24). The van der Waals surface area contributed by atoms with Crippen LogP contribution in [0, 0.1) is 0 Å². The number of carbonyl (C=O) groups is 2. The van der Waals surface area contributed by atoms with Crippen LogP contribution in [0.4, 0.5) is 0 Å². The summed E-state index contributed by atoms with van der Waals surface area (Å²) in [5.41, 5.74) is 5.21. The molecule has 0 bridgehead atoms. The minimum Gasteiger partial charge on any atom is -0.291 e. The highest BCUT2D eigenvalue weighted by Crippen LogP contribution is 2.14. The van der Waals surface area contributed by atoms with E-state index in [2.05, 4.69) is 20.8 Å². The van der Waals surface area contributed by atoms with E-state index in [4.69, 9.17) is 11.6 Å². The molecule has 2 heterocycles. The number of imidazole rings is 1. The topological polar surface area (TPSA) is 88.9 Å². The SMILES string of the molecule is O=C(NNC(=O)c1ccccc1Cl)c1ccc(-n2ccnc2)nc1. The van der Waals surface area contributed by atoms with E-state index in [0.717, 1.165) is 0 Å². The first-order valence-corrected chi connectivity index (χ1v) is 7.32. The second-order valence-electron chi connectivity index (χ2n) is 4.76. The van der Waals surface area contributed by atoms with E-state index >= 15 is 0 Å². The molecule has 3 aromatic rings. The van der Waals surface area contributed by atoms with Crippen molar-refractivity contribution in [1.82, 2.24) is 25.4 Å². The van der Waals surface area contributed by atoms with E-state index < -0.39 is 11.8 Å². The third-order valence-corrected chi connectivity index (χ3v) is 3.52. The van der Waals surface area contributed by atoms with E-state index in [1.165, 1.54) is 6.20 Å². The Bertz CT molecular complexity index is 862. The quantitative estimate of drug-likeness (QED) is 0.713. The molecule has 120 valence electrons. The van der Waals surface area contributed by atoms with Gasteiger partial charge in [0.1, 0.15) is 12.1 Å². The lowest BCUT2D eigenvalue weighted by molar-refractivity contribution is 0.0846. The number of pyridine rings is 1. The summed E-state index contributed by atoms with van der Waals surface area (Å²) in [4.78, 5) is 32.1. The van der Waals surface area contributed by atoms with E-state index in [1.807, 2.05) is 0 Å². The van der Waals surface area contributed by atoms with Crippen LogP contribution in [0.1, 0.15) is 20.7 Å². The molecule has 0 unspecified atom stereocenters. The van der Waals surface area contributed by atoms with Crippen molar-refractivity contribution in [3.63, 3.8) is 0 Å². The molecule has 0 aliphatic carbocycles. The summed E-state index contributed by atoms with van der Waals surface area (Å²) >= 11 is 5.93. The van der Waals surface area contributed by atoms with Gasteiger partial charge in [-0.3, -0.25) is 25.0 Å². The second kappa shape index (κ2) is 6.93. The Balaban J connectivity index is 1.63. The normalized spacial score (nSPS) is 10.2. The van der Waals surface area contributed by atoms with Crippen LogP contribution >= 0.6 is 11.6 Å². The van der Waals surface area contributed by atoms with Gasteiger partial charge >= 0.3 is 0 Å². The lowest BCUT2D eigenvalue weighted by Gasteiger charge is -2.08. The molecule has 1 aromatic carbocycles. The van der Waals surface area contributed by atoms with Crippen molar-refractivity contribution >= 4 is 23.4 Å². The van der Waals surface area contributed by atoms with E-state index in [1.54, 1.807) is 59.7 Å². The van der Waals surface area contributed by atoms with Crippen LogP contribution in [0.3, 0.4) is 0 Å². The van der Waals surface area contributed by atoms with Gasteiger partial charge in [0.2, 0.25) is 0 Å². The van der Waals surface area contributed by atoms with Crippen molar-refractivity contribution in [1.29, 1.82) is 0 Å². The van der Waals surface area contributed by atoms with E-state index in [9.17, 15) is 9.59 Å². The molecule has 3 rings (SSSR count). The monoisotopic (exact) mass is 341 g/mol. The lowest BCUT2D eigenvalue weighted by Crippen LogP contribution is -2.41. The summed E-state index contributed by atoms with van der Waals surface area (Å²) in [5.74, 6) is -0.360. The highest BCUT2D eigenvalue weighted by molar-refractivity contribution is 6.33. The predicted molar refractivity (Wildman–Crippen MR) is 87.7 cm³/mol. The van der Waals surface area contributed by atoms with Crippen LogP contribution in [0.15, 0.2) is 61.3 Å². The zero-order valence-electron chi connectivity index (χ0n) is 12.3. The molecule has 24 heavy (non-hydrogen) atoms. The number of nitrogens with zero attached hydrogens (tertiary/aromatic N) is 3. The third-order valence-electron chi connectivity index (χ3n) is 3.19. The van der Waals surface area contributed by atoms with Crippen LogP contribution in [-0.2, 0) is 0 Å². The van der Waals surface area contributed by atoms with Gasteiger partial charge in [-0.05, 0) is 24.3 Å². The third kappa shape index (κ3) is 3.41. The number of hydrazine groups is 1. The summed E-state index contributed by atoms with van der Waals surface area (Å²) in [6, 6.07) is 9.82. The fourth-order valence-electron chi connectivity index (χ4n) is 1.97. The fraction of sp³-hybridized carbons (Fsp3) is 0. The molecular weight excluding hydrogens is 330 g/mol. The molecule has 0 atom stereocenters. The highest BCUT2D eigenvalue weighted by Gasteiger charge is 2.12. The van der Waals surface area contributed by atoms with Gasteiger partial charge in [-0.1, -0.05) is 23.7 Å². The molecular formula is C16H12ClN5O2. The molecule has 8 heteroatoms. The van der Waals surface area contributed by atoms with Crippen LogP contribution in [0.25, 0.3) is 5.82 Å². The van der Waals surface area contributed by atoms with Gasteiger partial charge in [0.25, 0.3) is 11.8 Å². The molecule has 2 N–H and O–H groups in total. The smallest absolute Gasteiger partial charge is 0.271 e. The molecule has 0 saturated heterocycles. The number of amides is 2. The summed E-state index contributed by atoms with van der Waals surface area (Å²) in [5, 5.41) is 0.301. The van der Waals surface area contributed by atoms with Crippen molar-refractivity contribution in [3.05, 3.63) is 77.5 Å². The van der Waals surface area contributed by atoms with E-state index in [0.29, 0.717) is 16.4 Å². The number of hydrogen-bond acceptors (Lipinski definition) is 4. The molecule has 7 nitrogen and oxygen atoms in total. The van der Waals surface area contributed by atoms with E-state index in [-0.39, 0.29) is 5.56 Å². The molecule has 0 spiro atoms. The summed E-state index contributed by atoms with van der Waals surface area (Å²) in [7, 11) is 0. The summed E-state index contributed by atoms with van der Waals surface area (Å²) in [6.07, 6.45) is 6.39. The van der Waals surface area contributed by atoms with Crippen LogP contribution in [-0.4, -0.2) is 26.3 Å². The Kier molecular flexibility index (Phi) is 4.53. The zero-order chi connectivity index (χ0) is 16.9. The number of carbonyl (C=O) groups excluding carboxylic acids is 2. The van der Waals surface area contributed by atoms with Gasteiger partial charge in [0.15, 0.2) is 0 Å². The van der Waals surface area contributed by atoms with Crippen molar-refractivity contribution in [3.8, 4) is 5.82 Å². The molecule has 2 amide bonds. The molecule has 2 aromatic heterocycles. The Morgan fingerprint density at radius 2 is 1.83 bits per heavy atom. The Hall–Kier alpha value is -3.19. The average Bonchev–Trinajstić information content (AvgIpc) is 3.14. The van der Waals surface area contributed by atoms with Gasteiger partial charge < -0.3 is 0 Å². The van der Waals surface area contributed by atoms with Crippen LogP contribution < -0.4 is 10.9 Å². The minimum atomic E-state index is -0.503. The highest BCUT2D eigenvalue weighted by atomic mass is 35.5. The number of rotatable bonds is 3. The molecule has 0 radical (unpaired) electrons. The molecule has 0 aliphatic rings. The van der Waals surface area contributed by atoms with Crippen LogP contribution in [0.2, 0.25) is 5.02 Å². The molecule has 0 saturated carbocycles. The number of aromatic nitrogens is 3. The summed E-state index contributed by atoms with van der Waals surface area (Å²) < 4.78 is 1.71. The van der Waals surface area contributed by atoms with Crippen molar-refractivity contribution in [2.45, 2.75) is 0 Å². The van der Waals surface area contributed by atoms with Gasteiger partial charge in [-0.15, -0.1) is 0 Å². The minimum absolute atomic E-state index is 0.271. The average molecular weight is 342 g/mol. The number of benzene rings is 1. The van der Waals surface area contributed by atoms with Gasteiger partial charge in [0, 0.05) is 18.6 Å². The zero-order valence-corrected chi connectivity index (χ0v) is 13.1. The Morgan fingerprint density at radius 1 is 1.04 bits per heavy atom. The van der Waals surface area contributed by atoms with Crippen molar-refractivity contribution in [2.75, 3.05) is 0 Å². The van der Waals surface area contributed by atoms with Crippen molar-refractivity contribution < 1.29 is 9.59 Å². The molecule has 0 aliphatic heterocycles. The van der Waals surface area contributed by atoms with Gasteiger partial charge in [0.05, 0.1) is 16.1 Å². The van der Waals surface area contributed by atoms with Crippen molar-refractivity contribution in [2.24, 2.45) is 0 Å². The maximum Gasteiger partial charge on any atom is 0.271 e. The van der Waals surface area contributed by atoms with Gasteiger partial charge in [-0.25, -0.2) is 9.97 Å². The molecule has 0 fully saturated rings. The summed E-state index contributed by atoms with van der Waals surface area (Å²) in [6.45, 7) is 0. The first-order chi connectivity index (χ1) is 11.6. The fourth-order valence-corrected chi connectivity index (χ4v) is 2.19. The Morgan fingerprint density at radius 3 is 2.50 bits per heavy atom. The maximum atomic E-state index is 12.0. The Labute approximate surface area is 142 Å². The largest absolute Gasteiger partial charge is 0.291 e. The second-order valence-corrected chi connectivity index (χ2v) is 5.17. The number of nitrogens with one attached hydrogen (secondary N) is 2. The first-order valence-electron chi connectivity index (χ1n) is 6.95. The predicted octanol–water partition coefficient (Wildman–Crippen LogP) is 2.00. The number of hydrogen-bond donors (Lipinski definition) is 2. The lowest BCUT2D eigenvalue weighted by atomic mass is 10.2. The first kappa shape index (κ1) is 15.7.